The zero-order valence-electron chi connectivity index (χ0n) is 17.0. The summed E-state index contributed by atoms with van der Waals surface area (Å²) in [4.78, 5) is 1.90. The number of hydrogen-bond acceptors (Lipinski definition) is 6. The van der Waals surface area contributed by atoms with Gasteiger partial charge in [-0.3, -0.25) is 4.90 Å². The Balaban J connectivity index is 1.57. The van der Waals surface area contributed by atoms with Crippen LogP contribution in [0.3, 0.4) is 0 Å². The van der Waals surface area contributed by atoms with Gasteiger partial charge in [0.15, 0.2) is 0 Å². The molecule has 6 heteroatoms. The zero-order valence-corrected chi connectivity index (χ0v) is 17.0. The molecule has 0 aromatic heterocycles. The fraction of sp³-hybridized carbons (Fsp3) is 1.00. The molecule has 0 radical (unpaired) electrons. The first-order chi connectivity index (χ1) is 13.1. The van der Waals surface area contributed by atoms with Gasteiger partial charge < -0.3 is 25.2 Å². The number of likely N-dealkylation sites (tertiary alicyclic amines) is 1. The van der Waals surface area contributed by atoms with Crippen LogP contribution in [0.5, 0.6) is 0 Å². The second-order valence-electron chi connectivity index (χ2n) is 8.45. The van der Waals surface area contributed by atoms with Crippen molar-refractivity contribution in [2.24, 2.45) is 5.92 Å². The maximum absolute atomic E-state index is 10.0. The second kappa shape index (κ2) is 12.3. The highest BCUT2D eigenvalue weighted by atomic mass is 16.5. The largest absolute Gasteiger partial charge is 0.395 e. The average molecular weight is 388 g/mol. The molecule has 1 heterocycles. The molecular weight excluding hydrogens is 346 g/mol. The molecule has 6 atom stereocenters. The molecule has 0 amide bonds. The minimum atomic E-state index is -1.17. The summed E-state index contributed by atoms with van der Waals surface area (Å²) >= 11 is 0. The van der Waals surface area contributed by atoms with Crippen molar-refractivity contribution in [1.29, 1.82) is 0 Å². The van der Waals surface area contributed by atoms with Crippen LogP contribution in [-0.4, -0.2) is 82.1 Å². The highest BCUT2D eigenvalue weighted by Gasteiger charge is 2.40. The third-order valence-electron chi connectivity index (χ3n) is 6.39. The molecule has 1 aliphatic heterocycles. The lowest BCUT2D eigenvalue weighted by atomic mass is 9.83. The molecule has 2 aliphatic rings. The van der Waals surface area contributed by atoms with Crippen LogP contribution in [0.25, 0.3) is 0 Å². The van der Waals surface area contributed by atoms with Crippen molar-refractivity contribution in [2.75, 3.05) is 26.3 Å². The van der Waals surface area contributed by atoms with Gasteiger partial charge in [-0.05, 0) is 44.6 Å². The van der Waals surface area contributed by atoms with Crippen LogP contribution in [0.2, 0.25) is 0 Å². The summed E-state index contributed by atoms with van der Waals surface area (Å²) in [6.07, 6.45) is 9.18. The smallest absolute Gasteiger partial charge is 0.109 e. The summed E-state index contributed by atoms with van der Waals surface area (Å²) in [7, 11) is 0. The molecule has 0 spiro atoms. The number of piperidine rings is 1. The molecular formula is C21H41NO5. The van der Waals surface area contributed by atoms with Gasteiger partial charge in [-0.2, -0.15) is 0 Å². The summed E-state index contributed by atoms with van der Waals surface area (Å²) in [5, 5.41) is 39.1. The van der Waals surface area contributed by atoms with E-state index in [0.29, 0.717) is 19.2 Å². The lowest BCUT2D eigenvalue weighted by molar-refractivity contribution is -0.145. The topological polar surface area (TPSA) is 93.4 Å². The standard InChI is InChI=1S/C21H41NO5/c1-2-9-16-10-5-6-11-19(16)27-13-8-4-3-7-12-22-14-18(24)21(26)20(25)17(22)15-23/h16-21,23-26H,2-15H2,1H3/t16?,17-,18+,19?,20-,21-/m1/s1. The van der Waals surface area contributed by atoms with E-state index in [0.717, 1.165) is 38.2 Å². The maximum Gasteiger partial charge on any atom is 0.109 e. The molecule has 4 N–H and O–H groups in total. The first-order valence-electron chi connectivity index (χ1n) is 11.1. The van der Waals surface area contributed by atoms with Gasteiger partial charge in [0.1, 0.15) is 12.2 Å². The number of β-amino-alcohol motifs (C(OH)–C–C–N with tert-alkyl or cyclic N) is 1. The molecule has 0 bridgehead atoms. The summed E-state index contributed by atoms with van der Waals surface area (Å²) in [5.74, 6) is 0.756. The number of ether oxygens (including phenoxy) is 1. The Kier molecular flexibility index (Phi) is 10.5. The number of rotatable bonds is 11. The number of nitrogens with zero attached hydrogens (tertiary/aromatic N) is 1. The van der Waals surface area contributed by atoms with Gasteiger partial charge in [-0.25, -0.2) is 0 Å². The van der Waals surface area contributed by atoms with E-state index < -0.39 is 24.4 Å². The van der Waals surface area contributed by atoms with E-state index in [-0.39, 0.29) is 6.61 Å². The fourth-order valence-corrected chi connectivity index (χ4v) is 4.73. The number of hydrogen-bond donors (Lipinski definition) is 4. The Hall–Kier alpha value is -0.240. The van der Waals surface area contributed by atoms with Gasteiger partial charge in [0.05, 0.1) is 24.9 Å². The molecule has 0 aromatic carbocycles. The van der Waals surface area contributed by atoms with Crippen molar-refractivity contribution in [3.63, 3.8) is 0 Å². The van der Waals surface area contributed by atoms with Crippen LogP contribution in [0.4, 0.5) is 0 Å². The summed E-state index contributed by atoms with van der Waals surface area (Å²) in [6.45, 7) is 3.91. The van der Waals surface area contributed by atoms with Crippen LogP contribution < -0.4 is 0 Å². The van der Waals surface area contributed by atoms with E-state index in [2.05, 4.69) is 6.92 Å². The lowest BCUT2D eigenvalue weighted by Gasteiger charge is -2.43. The van der Waals surface area contributed by atoms with Crippen LogP contribution in [0.1, 0.15) is 71.1 Å². The molecule has 1 saturated heterocycles. The first kappa shape index (κ1) is 23.0. The van der Waals surface area contributed by atoms with E-state index in [1.165, 1.54) is 38.5 Å². The Morgan fingerprint density at radius 3 is 2.44 bits per heavy atom. The van der Waals surface area contributed by atoms with Crippen molar-refractivity contribution < 1.29 is 25.2 Å². The highest BCUT2D eigenvalue weighted by Crippen LogP contribution is 2.30. The average Bonchev–Trinajstić information content (AvgIpc) is 2.67. The minimum absolute atomic E-state index is 0.209. The van der Waals surface area contributed by atoms with Crippen LogP contribution in [0.15, 0.2) is 0 Å². The van der Waals surface area contributed by atoms with E-state index in [9.17, 15) is 20.4 Å². The maximum atomic E-state index is 10.0. The molecule has 2 unspecified atom stereocenters. The summed E-state index contributed by atoms with van der Waals surface area (Å²) in [6, 6.07) is -0.492. The van der Waals surface area contributed by atoms with Crippen molar-refractivity contribution in [1.82, 2.24) is 4.90 Å². The van der Waals surface area contributed by atoms with Crippen molar-refractivity contribution in [3.8, 4) is 0 Å². The van der Waals surface area contributed by atoms with Crippen molar-refractivity contribution >= 4 is 0 Å². The van der Waals surface area contributed by atoms with E-state index in [4.69, 9.17) is 4.74 Å². The van der Waals surface area contributed by atoms with Crippen molar-refractivity contribution in [3.05, 3.63) is 0 Å². The lowest BCUT2D eigenvalue weighted by Crippen LogP contribution is -2.62. The normalized spacial score (nSPS) is 35.4. The first-order valence-corrected chi connectivity index (χ1v) is 11.1. The molecule has 0 aromatic rings. The van der Waals surface area contributed by atoms with E-state index in [1.807, 2.05) is 4.90 Å². The Labute approximate surface area is 164 Å². The van der Waals surface area contributed by atoms with E-state index in [1.54, 1.807) is 0 Å². The van der Waals surface area contributed by atoms with Crippen molar-refractivity contribution in [2.45, 2.75) is 102 Å². The number of unbranched alkanes of at least 4 members (excludes halogenated alkanes) is 3. The van der Waals surface area contributed by atoms with Gasteiger partial charge in [0, 0.05) is 13.2 Å². The third kappa shape index (κ3) is 6.94. The van der Waals surface area contributed by atoms with Crippen LogP contribution in [-0.2, 0) is 4.74 Å². The number of aliphatic hydroxyl groups is 4. The third-order valence-corrected chi connectivity index (χ3v) is 6.39. The van der Waals surface area contributed by atoms with Crippen LogP contribution in [0, 0.1) is 5.92 Å². The molecule has 160 valence electrons. The van der Waals surface area contributed by atoms with Gasteiger partial charge >= 0.3 is 0 Å². The summed E-state index contributed by atoms with van der Waals surface area (Å²) in [5.41, 5.74) is 0. The zero-order chi connectivity index (χ0) is 19.6. The molecule has 1 saturated carbocycles. The van der Waals surface area contributed by atoms with Gasteiger partial charge in [-0.1, -0.05) is 39.0 Å². The van der Waals surface area contributed by atoms with Gasteiger partial charge in [0.2, 0.25) is 0 Å². The Morgan fingerprint density at radius 1 is 0.963 bits per heavy atom. The minimum Gasteiger partial charge on any atom is -0.395 e. The predicted molar refractivity (Wildman–Crippen MR) is 106 cm³/mol. The second-order valence-corrected chi connectivity index (χ2v) is 8.45. The Morgan fingerprint density at radius 2 is 1.70 bits per heavy atom. The predicted octanol–water partition coefficient (Wildman–Crippen LogP) is 1.68. The molecule has 6 nitrogen and oxygen atoms in total. The fourth-order valence-electron chi connectivity index (χ4n) is 4.73. The summed E-state index contributed by atoms with van der Waals surface area (Å²) < 4.78 is 6.18. The van der Waals surface area contributed by atoms with Crippen LogP contribution >= 0.6 is 0 Å². The number of aliphatic hydroxyl groups excluding tert-OH is 4. The van der Waals surface area contributed by atoms with Gasteiger partial charge in [0.25, 0.3) is 0 Å². The molecule has 2 fully saturated rings. The Bertz CT molecular complexity index is 395. The SMILES string of the molecule is CCCC1CCCCC1OCCCCCCN1C[C@H](O)[C@@H](O)[C@H](O)[C@H]1CO. The highest BCUT2D eigenvalue weighted by molar-refractivity contribution is 4.94. The quantitative estimate of drug-likeness (QED) is 0.403. The van der Waals surface area contributed by atoms with E-state index >= 15 is 0 Å². The monoisotopic (exact) mass is 387 g/mol. The molecule has 2 rings (SSSR count). The molecule has 1 aliphatic carbocycles. The van der Waals surface area contributed by atoms with Gasteiger partial charge in [-0.15, -0.1) is 0 Å². The molecule has 27 heavy (non-hydrogen) atoms.